The van der Waals surface area contributed by atoms with E-state index in [4.69, 9.17) is 4.74 Å². The van der Waals surface area contributed by atoms with E-state index in [9.17, 15) is 9.59 Å². The fourth-order valence-corrected chi connectivity index (χ4v) is 2.97. The number of ether oxygens (including phenoxy) is 2. The molecule has 1 heterocycles. The summed E-state index contributed by atoms with van der Waals surface area (Å²) in [7, 11) is 1.34. The molecule has 0 atom stereocenters. The summed E-state index contributed by atoms with van der Waals surface area (Å²) < 4.78 is 10.2. The van der Waals surface area contributed by atoms with Crippen molar-refractivity contribution >= 4 is 17.7 Å². The number of carbonyl (C=O) groups is 2. The van der Waals surface area contributed by atoms with Gasteiger partial charge in [0.05, 0.1) is 19.3 Å². The number of methoxy groups -OCH3 is 1. The van der Waals surface area contributed by atoms with Gasteiger partial charge in [-0.25, -0.2) is 9.59 Å². The second-order valence-corrected chi connectivity index (χ2v) is 6.03. The zero-order valence-electron chi connectivity index (χ0n) is 15.0. The molecule has 1 N–H and O–H groups in total. The molecule has 2 aromatic rings. The van der Waals surface area contributed by atoms with Crippen molar-refractivity contribution in [3.63, 3.8) is 0 Å². The summed E-state index contributed by atoms with van der Waals surface area (Å²) in [5.74, 6) is 0.424. The number of carbonyl (C=O) groups excluding carboxylic acids is 2. The zero-order valence-corrected chi connectivity index (χ0v) is 15.0. The summed E-state index contributed by atoms with van der Waals surface area (Å²) in [6.45, 7) is 3.77. The SMILES string of the molecule is CCOc1ccc2c(c1)CN(C(=O)Nc1ccc(C(=O)OC)cc1)CC2. The van der Waals surface area contributed by atoms with Crippen LogP contribution in [0.3, 0.4) is 0 Å². The van der Waals surface area contributed by atoms with E-state index in [1.165, 1.54) is 12.7 Å². The van der Waals surface area contributed by atoms with Crippen LogP contribution in [0.2, 0.25) is 0 Å². The Labute approximate surface area is 152 Å². The van der Waals surface area contributed by atoms with Crippen molar-refractivity contribution in [1.82, 2.24) is 4.90 Å². The Balaban J connectivity index is 1.65. The molecule has 0 aromatic heterocycles. The number of fused-ring (bicyclic) bond motifs is 1. The number of urea groups is 1. The standard InChI is InChI=1S/C20H22N2O4/c1-3-26-18-9-6-14-10-11-22(13-16(14)12-18)20(24)21-17-7-4-15(5-8-17)19(23)25-2/h4-9,12H,3,10-11,13H2,1-2H3,(H,21,24). The maximum atomic E-state index is 12.6. The molecule has 6 nitrogen and oxygen atoms in total. The molecule has 0 radical (unpaired) electrons. The second-order valence-electron chi connectivity index (χ2n) is 6.03. The third-order valence-corrected chi connectivity index (χ3v) is 4.35. The van der Waals surface area contributed by atoms with Gasteiger partial charge in [0.25, 0.3) is 0 Å². The number of rotatable bonds is 4. The summed E-state index contributed by atoms with van der Waals surface area (Å²) in [5.41, 5.74) is 3.44. The summed E-state index contributed by atoms with van der Waals surface area (Å²) in [6.07, 6.45) is 0.816. The number of hydrogen-bond acceptors (Lipinski definition) is 4. The maximum Gasteiger partial charge on any atom is 0.337 e. The third kappa shape index (κ3) is 3.96. The first-order valence-corrected chi connectivity index (χ1v) is 8.59. The average molecular weight is 354 g/mol. The van der Waals surface area contributed by atoms with Crippen LogP contribution >= 0.6 is 0 Å². The molecule has 2 amide bonds. The van der Waals surface area contributed by atoms with Gasteiger partial charge in [0.2, 0.25) is 0 Å². The minimum atomic E-state index is -0.402. The molecule has 136 valence electrons. The molecule has 0 saturated carbocycles. The maximum absolute atomic E-state index is 12.6. The fraction of sp³-hybridized carbons (Fsp3) is 0.300. The van der Waals surface area contributed by atoms with Crippen molar-refractivity contribution in [3.8, 4) is 5.75 Å². The average Bonchev–Trinajstić information content (AvgIpc) is 2.67. The zero-order chi connectivity index (χ0) is 18.5. The van der Waals surface area contributed by atoms with Gasteiger partial charge in [0.1, 0.15) is 5.75 Å². The minimum absolute atomic E-state index is 0.164. The highest BCUT2D eigenvalue weighted by atomic mass is 16.5. The molecule has 0 bridgehead atoms. The fourth-order valence-electron chi connectivity index (χ4n) is 2.97. The van der Waals surface area contributed by atoms with Crippen LogP contribution in [0.25, 0.3) is 0 Å². The summed E-state index contributed by atoms with van der Waals surface area (Å²) in [6, 6.07) is 12.5. The Morgan fingerprint density at radius 3 is 2.58 bits per heavy atom. The van der Waals surface area contributed by atoms with Crippen molar-refractivity contribution < 1.29 is 19.1 Å². The van der Waals surface area contributed by atoms with Gasteiger partial charge in [-0.1, -0.05) is 6.07 Å². The van der Waals surface area contributed by atoms with E-state index < -0.39 is 5.97 Å². The highest BCUT2D eigenvalue weighted by Crippen LogP contribution is 2.24. The molecule has 0 unspecified atom stereocenters. The van der Waals surface area contributed by atoms with Gasteiger partial charge in [-0.2, -0.15) is 0 Å². The lowest BCUT2D eigenvalue weighted by atomic mass is 10.00. The molecule has 1 aliphatic heterocycles. The number of hydrogen-bond donors (Lipinski definition) is 1. The molecule has 0 spiro atoms. The van der Waals surface area contributed by atoms with Gasteiger partial charge in [-0.15, -0.1) is 0 Å². The largest absolute Gasteiger partial charge is 0.494 e. The highest BCUT2D eigenvalue weighted by Gasteiger charge is 2.21. The molecule has 3 rings (SSSR count). The van der Waals surface area contributed by atoms with Crippen molar-refractivity contribution in [3.05, 3.63) is 59.2 Å². The molecule has 0 fully saturated rings. The number of amides is 2. The first kappa shape index (κ1) is 17.8. The summed E-state index contributed by atoms with van der Waals surface area (Å²) in [5, 5.41) is 2.87. The normalized spacial score (nSPS) is 12.9. The van der Waals surface area contributed by atoms with Crippen molar-refractivity contribution in [1.29, 1.82) is 0 Å². The minimum Gasteiger partial charge on any atom is -0.494 e. The van der Waals surface area contributed by atoms with Crippen LogP contribution in [0.4, 0.5) is 10.5 Å². The Morgan fingerprint density at radius 2 is 1.88 bits per heavy atom. The van der Waals surface area contributed by atoms with Crippen LogP contribution in [0.1, 0.15) is 28.4 Å². The molecule has 0 saturated heterocycles. The topological polar surface area (TPSA) is 67.9 Å². The molecule has 26 heavy (non-hydrogen) atoms. The van der Waals surface area contributed by atoms with Crippen LogP contribution in [-0.4, -0.2) is 37.2 Å². The molecule has 0 aliphatic carbocycles. The van der Waals surface area contributed by atoms with Gasteiger partial charge in [-0.3, -0.25) is 0 Å². The Morgan fingerprint density at radius 1 is 1.12 bits per heavy atom. The number of esters is 1. The molecule has 2 aromatic carbocycles. The van der Waals surface area contributed by atoms with E-state index in [1.54, 1.807) is 29.2 Å². The van der Waals surface area contributed by atoms with E-state index in [0.717, 1.165) is 17.7 Å². The van der Waals surface area contributed by atoms with Gasteiger partial charge < -0.3 is 19.7 Å². The van der Waals surface area contributed by atoms with Crippen molar-refractivity contribution in [2.45, 2.75) is 19.9 Å². The van der Waals surface area contributed by atoms with Gasteiger partial charge in [0, 0.05) is 18.8 Å². The molecular formula is C20H22N2O4. The van der Waals surface area contributed by atoms with E-state index in [2.05, 4.69) is 16.1 Å². The quantitative estimate of drug-likeness (QED) is 0.854. The first-order valence-electron chi connectivity index (χ1n) is 8.59. The first-order chi connectivity index (χ1) is 12.6. The van der Waals surface area contributed by atoms with Crippen molar-refractivity contribution in [2.75, 3.05) is 25.6 Å². The van der Waals surface area contributed by atoms with Crippen LogP contribution in [0.5, 0.6) is 5.75 Å². The lowest BCUT2D eigenvalue weighted by Crippen LogP contribution is -2.38. The van der Waals surface area contributed by atoms with Crippen LogP contribution in [-0.2, 0) is 17.7 Å². The van der Waals surface area contributed by atoms with Crippen LogP contribution < -0.4 is 10.1 Å². The van der Waals surface area contributed by atoms with E-state index >= 15 is 0 Å². The number of anilines is 1. The molecule has 1 aliphatic rings. The van der Waals surface area contributed by atoms with Crippen LogP contribution in [0, 0.1) is 0 Å². The predicted octanol–water partition coefficient (Wildman–Crippen LogP) is 3.46. The van der Waals surface area contributed by atoms with Gasteiger partial charge >= 0.3 is 12.0 Å². The van der Waals surface area contributed by atoms with Gasteiger partial charge in [-0.05, 0) is 60.9 Å². The smallest absolute Gasteiger partial charge is 0.337 e. The van der Waals surface area contributed by atoms with Crippen LogP contribution in [0.15, 0.2) is 42.5 Å². The van der Waals surface area contributed by atoms with Gasteiger partial charge in [0.15, 0.2) is 0 Å². The number of benzene rings is 2. The third-order valence-electron chi connectivity index (χ3n) is 4.35. The highest BCUT2D eigenvalue weighted by molar-refractivity contribution is 5.92. The van der Waals surface area contributed by atoms with Crippen molar-refractivity contribution in [2.24, 2.45) is 0 Å². The predicted molar refractivity (Wildman–Crippen MR) is 98.5 cm³/mol. The lowest BCUT2D eigenvalue weighted by Gasteiger charge is -2.29. The van der Waals surface area contributed by atoms with E-state index in [0.29, 0.717) is 30.9 Å². The molecule has 6 heteroatoms. The summed E-state index contributed by atoms with van der Waals surface area (Å²) >= 11 is 0. The Hall–Kier alpha value is -3.02. The number of nitrogens with zero attached hydrogens (tertiary/aromatic N) is 1. The Kier molecular flexibility index (Phi) is 5.41. The lowest BCUT2D eigenvalue weighted by molar-refractivity contribution is 0.0600. The second kappa shape index (κ2) is 7.91. The Bertz CT molecular complexity index is 802. The molecular weight excluding hydrogens is 332 g/mol. The summed E-state index contributed by atoms with van der Waals surface area (Å²) in [4.78, 5) is 25.8. The number of nitrogens with one attached hydrogen (secondary N) is 1. The van der Waals surface area contributed by atoms with E-state index in [-0.39, 0.29) is 6.03 Å². The van der Waals surface area contributed by atoms with E-state index in [1.807, 2.05) is 19.1 Å². The monoisotopic (exact) mass is 354 g/mol.